The molecule has 0 fully saturated rings. The standard InChI is InChI=1S/C36H51FN4O4Si2/c1-11-44-33-20-27(15-16-30(33)26-13-12-14-29(37)19-26)35(42)40(5)32(24-45-47(9,10)36(2,3)4)31-23-38-21-28-22-39-41(34(28)31)25-43-17-18-46(6,7)8/h12-16,19-23,32H,11,17-18,24-25H2,1-10H3. The number of halogens is 1. The summed E-state index contributed by atoms with van der Waals surface area (Å²) >= 11 is 0. The van der Waals surface area contributed by atoms with Crippen molar-refractivity contribution in [1.82, 2.24) is 19.7 Å². The van der Waals surface area contributed by atoms with Crippen LogP contribution >= 0.6 is 0 Å². The second-order valence-corrected chi connectivity index (χ2v) is 25.2. The first kappa shape index (κ1) is 36.4. The van der Waals surface area contributed by atoms with E-state index in [-0.39, 0.29) is 16.8 Å². The zero-order valence-corrected chi connectivity index (χ0v) is 31.7. The molecule has 0 saturated heterocycles. The first-order chi connectivity index (χ1) is 22.0. The van der Waals surface area contributed by atoms with E-state index in [1.807, 2.05) is 29.9 Å². The number of fused-ring (bicyclic) bond motifs is 1. The van der Waals surface area contributed by atoms with Crippen molar-refractivity contribution in [1.29, 1.82) is 0 Å². The first-order valence-corrected chi connectivity index (χ1v) is 22.9. The molecule has 47 heavy (non-hydrogen) atoms. The molecule has 0 N–H and O–H groups in total. The monoisotopic (exact) mass is 678 g/mol. The van der Waals surface area contributed by atoms with Crippen LogP contribution in [0.1, 0.15) is 49.7 Å². The molecule has 4 aromatic rings. The van der Waals surface area contributed by atoms with Crippen molar-refractivity contribution in [2.45, 2.75) is 84.3 Å². The third kappa shape index (κ3) is 8.95. The van der Waals surface area contributed by atoms with Crippen LogP contribution in [0.2, 0.25) is 43.8 Å². The van der Waals surface area contributed by atoms with E-state index >= 15 is 0 Å². The summed E-state index contributed by atoms with van der Waals surface area (Å²) in [5.74, 6) is -0.0170. The van der Waals surface area contributed by atoms with Gasteiger partial charge in [-0.05, 0) is 67.0 Å². The van der Waals surface area contributed by atoms with Gasteiger partial charge < -0.3 is 18.8 Å². The Kier molecular flexibility index (Phi) is 11.5. The van der Waals surface area contributed by atoms with Crippen LogP contribution in [0, 0.1) is 5.82 Å². The minimum atomic E-state index is -2.19. The van der Waals surface area contributed by atoms with Gasteiger partial charge in [-0.25, -0.2) is 9.07 Å². The lowest BCUT2D eigenvalue weighted by Gasteiger charge is -2.39. The number of hydrogen-bond acceptors (Lipinski definition) is 6. The number of hydrogen-bond donors (Lipinski definition) is 0. The van der Waals surface area contributed by atoms with Gasteiger partial charge in [-0.15, -0.1) is 0 Å². The average Bonchev–Trinajstić information content (AvgIpc) is 3.41. The van der Waals surface area contributed by atoms with Gasteiger partial charge in [0.2, 0.25) is 0 Å². The number of carbonyl (C=O) groups excluding carboxylic acids is 1. The second kappa shape index (κ2) is 14.8. The zero-order valence-electron chi connectivity index (χ0n) is 29.7. The molecule has 1 unspecified atom stereocenters. The Morgan fingerprint density at radius 2 is 1.79 bits per heavy atom. The van der Waals surface area contributed by atoms with Crippen LogP contribution in [0.15, 0.2) is 61.1 Å². The normalized spacial score (nSPS) is 13.2. The summed E-state index contributed by atoms with van der Waals surface area (Å²) in [5.41, 5.74) is 3.56. The Balaban J connectivity index is 1.73. The summed E-state index contributed by atoms with van der Waals surface area (Å²) in [4.78, 5) is 20.6. The van der Waals surface area contributed by atoms with Crippen molar-refractivity contribution in [3.8, 4) is 16.9 Å². The van der Waals surface area contributed by atoms with Crippen LogP contribution in [-0.2, 0) is 15.9 Å². The number of pyridine rings is 1. The smallest absolute Gasteiger partial charge is 0.254 e. The molecule has 2 heterocycles. The minimum Gasteiger partial charge on any atom is -0.493 e. The quantitative estimate of drug-likeness (QED) is 0.0980. The van der Waals surface area contributed by atoms with Gasteiger partial charge in [0.25, 0.3) is 5.91 Å². The Hall–Kier alpha value is -3.39. The summed E-state index contributed by atoms with van der Waals surface area (Å²) in [7, 11) is -1.64. The van der Waals surface area contributed by atoms with Gasteiger partial charge in [0.1, 0.15) is 18.3 Å². The first-order valence-electron chi connectivity index (χ1n) is 16.3. The van der Waals surface area contributed by atoms with E-state index in [2.05, 4.69) is 63.6 Å². The number of amides is 1. The van der Waals surface area contributed by atoms with E-state index < -0.39 is 22.4 Å². The lowest BCUT2D eigenvalue weighted by Crippen LogP contribution is -2.44. The Morgan fingerprint density at radius 1 is 1.04 bits per heavy atom. The fourth-order valence-electron chi connectivity index (χ4n) is 5.02. The second-order valence-electron chi connectivity index (χ2n) is 14.8. The third-order valence-electron chi connectivity index (χ3n) is 9.00. The van der Waals surface area contributed by atoms with Gasteiger partial charge in [-0.1, -0.05) is 52.5 Å². The van der Waals surface area contributed by atoms with Gasteiger partial charge >= 0.3 is 0 Å². The topological polar surface area (TPSA) is 78.7 Å². The Morgan fingerprint density at radius 3 is 2.45 bits per heavy atom. The Labute approximate surface area is 281 Å². The fourth-order valence-corrected chi connectivity index (χ4v) is 6.79. The van der Waals surface area contributed by atoms with E-state index in [4.69, 9.17) is 13.9 Å². The van der Waals surface area contributed by atoms with Gasteiger partial charge in [0.15, 0.2) is 8.32 Å². The predicted molar refractivity (Wildman–Crippen MR) is 193 cm³/mol. The predicted octanol–water partition coefficient (Wildman–Crippen LogP) is 8.78. The molecule has 254 valence electrons. The molecule has 11 heteroatoms. The van der Waals surface area contributed by atoms with Crippen LogP contribution in [0.4, 0.5) is 4.39 Å². The van der Waals surface area contributed by atoms with Crippen molar-refractivity contribution in [3.05, 3.63) is 78.0 Å². The summed E-state index contributed by atoms with van der Waals surface area (Å²) in [5, 5.41) is 5.49. The summed E-state index contributed by atoms with van der Waals surface area (Å²) in [6, 6.07) is 12.3. The van der Waals surface area contributed by atoms with Crippen LogP contribution < -0.4 is 4.74 Å². The maximum absolute atomic E-state index is 14.3. The molecule has 4 rings (SSSR count). The van der Waals surface area contributed by atoms with E-state index in [1.165, 1.54) is 12.1 Å². The molecule has 2 aromatic carbocycles. The third-order valence-corrected chi connectivity index (χ3v) is 15.2. The highest BCUT2D eigenvalue weighted by atomic mass is 28.4. The molecule has 0 saturated carbocycles. The maximum atomic E-state index is 14.3. The average molecular weight is 679 g/mol. The van der Waals surface area contributed by atoms with Crippen molar-refractivity contribution >= 4 is 33.2 Å². The molecule has 2 aromatic heterocycles. The fraction of sp³-hybridized carbons (Fsp3) is 0.472. The zero-order chi connectivity index (χ0) is 34.6. The highest BCUT2D eigenvalue weighted by Gasteiger charge is 2.39. The van der Waals surface area contributed by atoms with E-state index in [0.717, 1.165) is 28.1 Å². The van der Waals surface area contributed by atoms with Gasteiger partial charge in [0.05, 0.1) is 31.0 Å². The largest absolute Gasteiger partial charge is 0.493 e. The van der Waals surface area contributed by atoms with Crippen molar-refractivity contribution in [2.75, 3.05) is 26.9 Å². The Bertz CT molecular complexity index is 1680. The van der Waals surface area contributed by atoms with E-state index in [1.54, 1.807) is 42.5 Å². The molecule has 0 bridgehead atoms. The van der Waals surface area contributed by atoms with E-state index in [0.29, 0.717) is 43.4 Å². The molecule has 0 aliphatic carbocycles. The highest BCUT2D eigenvalue weighted by molar-refractivity contribution is 6.76. The van der Waals surface area contributed by atoms with Gasteiger partial charge in [-0.3, -0.25) is 9.78 Å². The molecule has 1 amide bonds. The summed E-state index contributed by atoms with van der Waals surface area (Å²) in [6.07, 6.45) is 5.39. The number of carbonyl (C=O) groups is 1. The van der Waals surface area contributed by atoms with Crippen molar-refractivity contribution in [3.63, 3.8) is 0 Å². The SMILES string of the molecule is CCOc1cc(C(=O)N(C)C(CO[Si](C)(C)C(C)(C)C)c2cncc3cnn(COCC[Si](C)(C)C)c23)ccc1-c1cccc(F)c1. The molecule has 0 spiro atoms. The van der Waals surface area contributed by atoms with Gasteiger partial charge in [0, 0.05) is 56.2 Å². The van der Waals surface area contributed by atoms with E-state index in [9.17, 15) is 9.18 Å². The molecular formula is C36H51FN4O4Si2. The summed E-state index contributed by atoms with van der Waals surface area (Å²) < 4.78 is 34.8. The maximum Gasteiger partial charge on any atom is 0.254 e. The summed E-state index contributed by atoms with van der Waals surface area (Å²) in [6.45, 7) is 21.6. The minimum absolute atomic E-state index is 0.0183. The van der Waals surface area contributed by atoms with Crippen LogP contribution in [0.25, 0.3) is 22.0 Å². The molecule has 0 radical (unpaired) electrons. The van der Waals surface area contributed by atoms with Crippen LogP contribution in [0.5, 0.6) is 5.75 Å². The van der Waals surface area contributed by atoms with Gasteiger partial charge in [-0.2, -0.15) is 5.10 Å². The van der Waals surface area contributed by atoms with Crippen LogP contribution in [-0.4, -0.2) is 68.8 Å². The molecule has 8 nitrogen and oxygen atoms in total. The molecule has 0 aliphatic rings. The number of nitrogens with zero attached hydrogens (tertiary/aromatic N) is 4. The van der Waals surface area contributed by atoms with Crippen LogP contribution in [0.3, 0.4) is 0 Å². The number of ether oxygens (including phenoxy) is 2. The van der Waals surface area contributed by atoms with Crippen molar-refractivity contribution < 1.29 is 23.1 Å². The highest BCUT2D eigenvalue weighted by Crippen LogP contribution is 2.39. The van der Waals surface area contributed by atoms with Crippen molar-refractivity contribution in [2.24, 2.45) is 0 Å². The number of benzene rings is 2. The molecule has 0 aliphatic heterocycles. The lowest BCUT2D eigenvalue weighted by molar-refractivity contribution is 0.0663. The lowest BCUT2D eigenvalue weighted by atomic mass is 10.0. The number of likely N-dealkylation sites (N-methyl/N-ethyl adjacent to an activating group) is 1. The number of aromatic nitrogens is 3. The number of rotatable bonds is 14. The molecule has 1 atom stereocenters. The molecular weight excluding hydrogens is 628 g/mol.